The first-order valence-corrected chi connectivity index (χ1v) is 9.65. The number of ketones is 1. The molecule has 1 fully saturated rings. The molecule has 4 atom stereocenters. The van der Waals surface area contributed by atoms with Crippen molar-refractivity contribution in [3.63, 3.8) is 0 Å². The van der Waals surface area contributed by atoms with E-state index in [0.717, 1.165) is 0 Å². The highest BCUT2D eigenvalue weighted by molar-refractivity contribution is 6.69. The van der Waals surface area contributed by atoms with E-state index < -0.39 is 31.7 Å². The first kappa shape index (κ1) is 19.4. The largest absolute Gasteiger partial charge is 0.342 e. The van der Waals surface area contributed by atoms with Crippen LogP contribution in [-0.2, 0) is 9.59 Å². The van der Waals surface area contributed by atoms with Gasteiger partial charge in [-0.2, -0.15) is 0 Å². The molecule has 132 valence electrons. The third-order valence-corrected chi connectivity index (χ3v) is 9.64. The van der Waals surface area contributed by atoms with Gasteiger partial charge in [0.15, 0.2) is 10.7 Å². The molecule has 3 aliphatic rings. The number of amides is 1. The molecule has 1 spiro atoms. The fourth-order valence-electron chi connectivity index (χ4n) is 3.93. The van der Waals surface area contributed by atoms with E-state index in [9.17, 15) is 9.59 Å². The molecule has 0 aromatic heterocycles. The molecule has 0 heterocycles. The zero-order valence-electron chi connectivity index (χ0n) is 12.3. The van der Waals surface area contributed by atoms with Gasteiger partial charge in [0.05, 0.1) is 15.1 Å². The number of Topliss-reactive ketones (excluding diaryl/α,β-unsaturated/α-hetero) is 1. The van der Waals surface area contributed by atoms with Crippen molar-refractivity contribution in [1.29, 1.82) is 0 Å². The maximum atomic E-state index is 13.1. The van der Waals surface area contributed by atoms with Crippen molar-refractivity contribution in [1.82, 2.24) is 4.90 Å². The average molecular weight is 472 g/mol. The third kappa shape index (κ3) is 1.48. The van der Waals surface area contributed by atoms with Gasteiger partial charge in [-0.05, 0) is 13.8 Å². The van der Waals surface area contributed by atoms with Crippen molar-refractivity contribution in [2.75, 3.05) is 13.1 Å². The Hall–Kier alpha value is 0.650. The zero-order valence-corrected chi connectivity index (χ0v) is 17.6. The molecule has 3 nitrogen and oxygen atoms in total. The van der Waals surface area contributed by atoms with Crippen molar-refractivity contribution < 1.29 is 9.59 Å². The SMILES string of the molecule is CCN(CC)C(=O)C1(Cl)C2(Cl)C(Cl)=C(Cl)C3(Cl)C(Cl)=C(Cl)C(=O)C312. The average Bonchev–Trinajstić information content (AvgIpc) is 2.92. The van der Waals surface area contributed by atoms with Crippen LogP contribution in [0.25, 0.3) is 0 Å². The molecule has 4 unspecified atom stereocenters. The Morgan fingerprint density at radius 1 is 0.958 bits per heavy atom. The monoisotopic (exact) mass is 469 g/mol. The zero-order chi connectivity index (χ0) is 18.5. The fourth-order valence-corrected chi connectivity index (χ4v) is 7.60. The summed E-state index contributed by atoms with van der Waals surface area (Å²) in [7, 11) is 0. The molecule has 0 bridgehead atoms. The number of carbonyl (C=O) groups excluding carboxylic acids is 2. The van der Waals surface area contributed by atoms with E-state index in [4.69, 9.17) is 81.2 Å². The molecule has 0 aromatic rings. The Labute approximate surface area is 173 Å². The number of carbonyl (C=O) groups is 2. The molecule has 0 aliphatic heterocycles. The van der Waals surface area contributed by atoms with Gasteiger partial charge in [0, 0.05) is 13.1 Å². The smallest absolute Gasteiger partial charge is 0.247 e. The minimum Gasteiger partial charge on any atom is -0.342 e. The van der Waals surface area contributed by atoms with Gasteiger partial charge in [0.25, 0.3) is 0 Å². The lowest BCUT2D eigenvalue weighted by Gasteiger charge is -2.31. The molecule has 1 saturated carbocycles. The predicted octanol–water partition coefficient (Wildman–Crippen LogP) is 4.76. The number of nitrogens with zero attached hydrogens (tertiary/aromatic N) is 1. The van der Waals surface area contributed by atoms with Crippen LogP contribution in [0.3, 0.4) is 0 Å². The molecule has 10 heteroatoms. The summed E-state index contributed by atoms with van der Waals surface area (Å²) < 4.78 is 0. The maximum Gasteiger partial charge on any atom is 0.247 e. The van der Waals surface area contributed by atoms with Crippen molar-refractivity contribution in [3.8, 4) is 0 Å². The summed E-state index contributed by atoms with van der Waals surface area (Å²) >= 11 is 44.7. The van der Waals surface area contributed by atoms with E-state index >= 15 is 0 Å². The van der Waals surface area contributed by atoms with Crippen LogP contribution in [0.15, 0.2) is 20.1 Å². The number of hydrogen-bond donors (Lipinski definition) is 0. The lowest BCUT2D eigenvalue weighted by atomic mass is 9.88. The summed E-state index contributed by atoms with van der Waals surface area (Å²) in [6.07, 6.45) is 0. The Balaban J connectivity index is 2.31. The molecule has 0 radical (unpaired) electrons. The van der Waals surface area contributed by atoms with Crippen LogP contribution in [0.1, 0.15) is 13.8 Å². The van der Waals surface area contributed by atoms with E-state index in [2.05, 4.69) is 0 Å². The third-order valence-electron chi connectivity index (χ3n) is 5.14. The maximum absolute atomic E-state index is 13.1. The summed E-state index contributed by atoms with van der Waals surface area (Å²) in [5, 5.41) is -0.865. The summed E-state index contributed by atoms with van der Waals surface area (Å²) in [6, 6.07) is 0. The summed E-state index contributed by atoms with van der Waals surface area (Å²) in [5.41, 5.74) is -1.86. The Morgan fingerprint density at radius 3 is 1.92 bits per heavy atom. The molecular formula is C14H10Cl7NO2. The van der Waals surface area contributed by atoms with Gasteiger partial charge in [-0.25, -0.2) is 0 Å². The number of alkyl halides is 3. The fraction of sp³-hybridized carbons (Fsp3) is 0.571. The predicted molar refractivity (Wildman–Crippen MR) is 98.6 cm³/mol. The molecule has 3 aliphatic carbocycles. The van der Waals surface area contributed by atoms with Gasteiger partial charge >= 0.3 is 0 Å². The first-order chi connectivity index (χ1) is 11.0. The Kier molecular flexibility index (Phi) is 4.32. The summed E-state index contributed by atoms with van der Waals surface area (Å²) in [6.45, 7) is 4.26. The van der Waals surface area contributed by atoms with E-state index in [-0.39, 0.29) is 20.1 Å². The second kappa shape index (κ2) is 5.34. The molecule has 24 heavy (non-hydrogen) atoms. The molecule has 0 saturated heterocycles. The van der Waals surface area contributed by atoms with E-state index in [1.165, 1.54) is 4.90 Å². The highest BCUT2D eigenvalue weighted by Crippen LogP contribution is 2.91. The minimum atomic E-state index is -1.93. The van der Waals surface area contributed by atoms with Crippen LogP contribution in [-0.4, -0.2) is 44.3 Å². The quantitative estimate of drug-likeness (QED) is 0.556. The number of hydrogen-bond acceptors (Lipinski definition) is 2. The molecule has 3 rings (SSSR count). The highest BCUT2D eigenvalue weighted by atomic mass is 35.5. The molecule has 0 N–H and O–H groups in total. The number of allylic oxidation sites excluding steroid dienone is 4. The van der Waals surface area contributed by atoms with E-state index in [1.54, 1.807) is 13.8 Å². The Bertz CT molecular complexity index is 760. The molecular weight excluding hydrogens is 462 g/mol. The van der Waals surface area contributed by atoms with Crippen molar-refractivity contribution in [3.05, 3.63) is 20.1 Å². The van der Waals surface area contributed by atoms with Gasteiger partial charge in [0.2, 0.25) is 5.91 Å². The van der Waals surface area contributed by atoms with Gasteiger partial charge in [-0.3, -0.25) is 9.59 Å². The van der Waals surface area contributed by atoms with E-state index in [1.807, 2.05) is 0 Å². The Morgan fingerprint density at radius 2 is 1.46 bits per heavy atom. The van der Waals surface area contributed by atoms with Crippen LogP contribution >= 0.6 is 81.2 Å². The van der Waals surface area contributed by atoms with Gasteiger partial charge in [-0.1, -0.05) is 46.4 Å². The van der Waals surface area contributed by atoms with Crippen LogP contribution in [0.5, 0.6) is 0 Å². The normalized spacial score (nSPS) is 43.3. The van der Waals surface area contributed by atoms with Gasteiger partial charge in [-0.15, -0.1) is 34.8 Å². The van der Waals surface area contributed by atoms with E-state index in [0.29, 0.717) is 13.1 Å². The second-order valence-electron chi connectivity index (χ2n) is 5.79. The number of rotatable bonds is 3. The topological polar surface area (TPSA) is 37.4 Å². The summed E-state index contributed by atoms with van der Waals surface area (Å²) in [4.78, 5) is 21.8. The van der Waals surface area contributed by atoms with Crippen molar-refractivity contribution in [2.45, 2.75) is 28.5 Å². The molecule has 1 amide bonds. The highest BCUT2D eigenvalue weighted by Gasteiger charge is 3.05. The van der Waals surface area contributed by atoms with Crippen molar-refractivity contribution in [2.24, 2.45) is 5.41 Å². The van der Waals surface area contributed by atoms with Gasteiger partial charge < -0.3 is 4.90 Å². The standard InChI is InChI=1S/C14H10Cl7NO2/c1-3-22(4-2)10(24)14(21)12-9(23)5(15)6(16)11(12,19)7(17)8(18)13(12,14)20/h3-4H2,1-2H3. The van der Waals surface area contributed by atoms with Crippen molar-refractivity contribution >= 4 is 92.9 Å². The van der Waals surface area contributed by atoms with Crippen LogP contribution in [0.2, 0.25) is 0 Å². The molecule has 0 aromatic carbocycles. The minimum absolute atomic E-state index is 0.140. The van der Waals surface area contributed by atoms with Crippen LogP contribution in [0, 0.1) is 5.41 Å². The second-order valence-corrected chi connectivity index (χ2v) is 9.00. The van der Waals surface area contributed by atoms with Crippen LogP contribution < -0.4 is 0 Å². The number of halogens is 7. The lowest BCUT2D eigenvalue weighted by Crippen LogP contribution is -2.48. The first-order valence-electron chi connectivity index (χ1n) is 7.00. The van der Waals surface area contributed by atoms with Gasteiger partial charge in [0.1, 0.15) is 20.2 Å². The summed E-state index contributed by atoms with van der Waals surface area (Å²) in [5.74, 6) is -1.30. The van der Waals surface area contributed by atoms with Crippen LogP contribution in [0.4, 0.5) is 0 Å². The lowest BCUT2D eigenvalue weighted by molar-refractivity contribution is -0.134.